The molecule has 118 valence electrons. The molecule has 1 N–H and O–H groups in total. The van der Waals surface area contributed by atoms with E-state index in [-0.39, 0.29) is 0 Å². The fourth-order valence-electron chi connectivity index (χ4n) is 3.49. The molecule has 1 aromatic carbocycles. The molecule has 0 aliphatic heterocycles. The van der Waals surface area contributed by atoms with Crippen LogP contribution in [0.1, 0.15) is 70.9 Å². The first-order chi connectivity index (χ1) is 10.3. The zero-order valence-electron chi connectivity index (χ0n) is 13.9. The van der Waals surface area contributed by atoms with Crippen LogP contribution in [0.15, 0.2) is 24.3 Å². The topological polar surface area (TPSA) is 21.3 Å². The maximum atomic E-state index is 6.27. The number of rotatable bonds is 7. The molecule has 21 heavy (non-hydrogen) atoms. The lowest BCUT2D eigenvalue weighted by atomic mass is 9.85. The van der Waals surface area contributed by atoms with Crippen molar-refractivity contribution in [2.75, 3.05) is 6.54 Å². The highest BCUT2D eigenvalue weighted by Crippen LogP contribution is 2.31. The average molecular weight is 289 g/mol. The predicted molar refractivity (Wildman–Crippen MR) is 89.8 cm³/mol. The Labute approximate surface area is 130 Å². The zero-order chi connectivity index (χ0) is 15.1. The molecule has 1 aliphatic carbocycles. The number of nitrogens with one attached hydrogen (secondary N) is 1. The van der Waals surface area contributed by atoms with Gasteiger partial charge < -0.3 is 10.1 Å². The molecule has 2 nitrogen and oxygen atoms in total. The number of hydrogen-bond donors (Lipinski definition) is 1. The van der Waals surface area contributed by atoms with Gasteiger partial charge in [0.2, 0.25) is 0 Å². The highest BCUT2D eigenvalue weighted by Gasteiger charge is 2.25. The monoisotopic (exact) mass is 289 g/mol. The van der Waals surface area contributed by atoms with E-state index in [1.54, 1.807) is 0 Å². The van der Waals surface area contributed by atoms with E-state index in [2.05, 4.69) is 50.4 Å². The minimum atomic E-state index is 0.422. The summed E-state index contributed by atoms with van der Waals surface area (Å²) >= 11 is 0. The van der Waals surface area contributed by atoms with Gasteiger partial charge in [0.15, 0.2) is 0 Å². The van der Waals surface area contributed by atoms with Crippen LogP contribution in [0.25, 0.3) is 0 Å². The van der Waals surface area contributed by atoms with Crippen molar-refractivity contribution < 1.29 is 4.74 Å². The Hall–Kier alpha value is -1.02. The van der Waals surface area contributed by atoms with Crippen LogP contribution in [0, 0.1) is 5.92 Å². The van der Waals surface area contributed by atoms with Crippen LogP contribution in [0.5, 0.6) is 5.75 Å². The standard InChI is InChI=1S/C19H31NO/c1-4-15-9-7-8-10-19(15)21-17-13-11-16(12-14-17)18(5-2)20-6-3/h11-15,18-20H,4-10H2,1-3H3. The van der Waals surface area contributed by atoms with Gasteiger partial charge in [-0.25, -0.2) is 0 Å². The molecule has 1 fully saturated rings. The van der Waals surface area contributed by atoms with Crippen molar-refractivity contribution in [3.63, 3.8) is 0 Å². The lowest BCUT2D eigenvalue weighted by Gasteiger charge is -2.31. The number of benzene rings is 1. The summed E-state index contributed by atoms with van der Waals surface area (Å²) in [7, 11) is 0. The Bertz CT molecular complexity index is 401. The quantitative estimate of drug-likeness (QED) is 0.754. The van der Waals surface area contributed by atoms with Crippen LogP contribution in [0.2, 0.25) is 0 Å². The smallest absolute Gasteiger partial charge is 0.119 e. The normalized spacial score (nSPS) is 23.8. The summed E-state index contributed by atoms with van der Waals surface area (Å²) in [5.41, 5.74) is 1.36. The number of hydrogen-bond acceptors (Lipinski definition) is 2. The van der Waals surface area contributed by atoms with E-state index in [1.165, 1.54) is 37.7 Å². The molecule has 0 aromatic heterocycles. The van der Waals surface area contributed by atoms with Gasteiger partial charge in [0.05, 0.1) is 0 Å². The molecule has 0 spiro atoms. The van der Waals surface area contributed by atoms with Gasteiger partial charge in [0.25, 0.3) is 0 Å². The third kappa shape index (κ3) is 4.47. The van der Waals surface area contributed by atoms with Gasteiger partial charge in [-0.05, 0) is 62.3 Å². The van der Waals surface area contributed by atoms with Crippen molar-refractivity contribution in [3.05, 3.63) is 29.8 Å². The summed E-state index contributed by atoms with van der Waals surface area (Å²) in [6.45, 7) is 7.69. The van der Waals surface area contributed by atoms with E-state index in [0.29, 0.717) is 12.1 Å². The second kappa shape index (κ2) is 8.43. The van der Waals surface area contributed by atoms with Crippen LogP contribution in [0.4, 0.5) is 0 Å². The Balaban J connectivity index is 1.98. The summed E-state index contributed by atoms with van der Waals surface area (Å²) in [5.74, 6) is 1.78. The van der Waals surface area contributed by atoms with Crippen LogP contribution in [-0.2, 0) is 0 Å². The third-order valence-electron chi connectivity index (χ3n) is 4.79. The van der Waals surface area contributed by atoms with E-state index in [0.717, 1.165) is 24.6 Å². The Morgan fingerprint density at radius 1 is 1.10 bits per heavy atom. The summed E-state index contributed by atoms with van der Waals surface area (Å²) in [6.07, 6.45) is 8.02. The predicted octanol–water partition coefficient (Wildman–Crippen LogP) is 5.09. The van der Waals surface area contributed by atoms with Crippen LogP contribution in [-0.4, -0.2) is 12.6 Å². The van der Waals surface area contributed by atoms with E-state index < -0.39 is 0 Å². The molecule has 0 amide bonds. The fraction of sp³-hybridized carbons (Fsp3) is 0.684. The number of ether oxygens (including phenoxy) is 1. The SMILES string of the molecule is CCNC(CC)c1ccc(OC2CCCCC2CC)cc1. The maximum Gasteiger partial charge on any atom is 0.119 e. The molecule has 0 radical (unpaired) electrons. The second-order valence-electron chi connectivity index (χ2n) is 6.20. The van der Waals surface area contributed by atoms with Crippen LogP contribution < -0.4 is 10.1 Å². The van der Waals surface area contributed by atoms with Gasteiger partial charge in [0.1, 0.15) is 11.9 Å². The van der Waals surface area contributed by atoms with Crippen molar-refractivity contribution in [1.29, 1.82) is 0 Å². The first kappa shape index (κ1) is 16.4. The van der Waals surface area contributed by atoms with Gasteiger partial charge in [-0.2, -0.15) is 0 Å². The Morgan fingerprint density at radius 3 is 2.43 bits per heavy atom. The van der Waals surface area contributed by atoms with Crippen molar-refractivity contribution in [1.82, 2.24) is 5.32 Å². The van der Waals surface area contributed by atoms with Crippen molar-refractivity contribution in [2.45, 2.75) is 71.4 Å². The van der Waals surface area contributed by atoms with E-state index >= 15 is 0 Å². The lowest BCUT2D eigenvalue weighted by molar-refractivity contribution is 0.0903. The molecular weight excluding hydrogens is 258 g/mol. The molecule has 1 aromatic rings. The summed E-state index contributed by atoms with van der Waals surface area (Å²) in [4.78, 5) is 0. The molecule has 0 heterocycles. The first-order valence-electron chi connectivity index (χ1n) is 8.78. The Morgan fingerprint density at radius 2 is 1.81 bits per heavy atom. The minimum absolute atomic E-state index is 0.422. The molecular formula is C19H31NO. The third-order valence-corrected chi connectivity index (χ3v) is 4.79. The van der Waals surface area contributed by atoms with E-state index in [4.69, 9.17) is 4.74 Å². The fourth-order valence-corrected chi connectivity index (χ4v) is 3.49. The van der Waals surface area contributed by atoms with E-state index in [9.17, 15) is 0 Å². The van der Waals surface area contributed by atoms with Crippen molar-refractivity contribution >= 4 is 0 Å². The van der Waals surface area contributed by atoms with Crippen LogP contribution in [0.3, 0.4) is 0 Å². The van der Waals surface area contributed by atoms with Crippen LogP contribution >= 0.6 is 0 Å². The first-order valence-corrected chi connectivity index (χ1v) is 8.78. The van der Waals surface area contributed by atoms with Gasteiger partial charge in [-0.1, -0.05) is 39.3 Å². The van der Waals surface area contributed by atoms with Gasteiger partial charge in [0, 0.05) is 6.04 Å². The molecule has 1 aliphatic rings. The summed E-state index contributed by atoms with van der Waals surface area (Å²) < 4.78 is 6.27. The zero-order valence-corrected chi connectivity index (χ0v) is 13.9. The molecule has 2 heteroatoms. The molecule has 3 unspecified atom stereocenters. The van der Waals surface area contributed by atoms with Crippen molar-refractivity contribution in [2.24, 2.45) is 5.92 Å². The molecule has 2 rings (SSSR count). The van der Waals surface area contributed by atoms with Crippen molar-refractivity contribution in [3.8, 4) is 5.75 Å². The minimum Gasteiger partial charge on any atom is -0.490 e. The maximum absolute atomic E-state index is 6.27. The molecule has 3 atom stereocenters. The molecule has 1 saturated carbocycles. The molecule has 0 saturated heterocycles. The largest absolute Gasteiger partial charge is 0.490 e. The lowest BCUT2D eigenvalue weighted by Crippen LogP contribution is -2.29. The average Bonchev–Trinajstić information content (AvgIpc) is 2.54. The van der Waals surface area contributed by atoms with Gasteiger partial charge in [-0.3, -0.25) is 0 Å². The summed E-state index contributed by atoms with van der Waals surface area (Å²) in [5, 5.41) is 3.52. The summed E-state index contributed by atoms with van der Waals surface area (Å²) in [6, 6.07) is 9.20. The Kier molecular flexibility index (Phi) is 6.56. The second-order valence-corrected chi connectivity index (χ2v) is 6.20. The van der Waals surface area contributed by atoms with Gasteiger partial charge in [-0.15, -0.1) is 0 Å². The molecule has 0 bridgehead atoms. The highest BCUT2D eigenvalue weighted by molar-refractivity contribution is 5.29. The van der Waals surface area contributed by atoms with E-state index in [1.807, 2.05) is 0 Å². The van der Waals surface area contributed by atoms with Gasteiger partial charge >= 0.3 is 0 Å². The highest BCUT2D eigenvalue weighted by atomic mass is 16.5.